The average molecular weight is 522 g/mol. The minimum Gasteiger partial charge on any atom is -0.479 e. The Balaban J connectivity index is 1.95. The Morgan fingerprint density at radius 2 is 1.86 bits per heavy atom. The fraction of sp³-hybridized carbons (Fsp3) is 0.462. The van der Waals surface area contributed by atoms with Gasteiger partial charge in [-0.05, 0) is 55.5 Å². The number of halogens is 2. The first-order valence-corrected chi connectivity index (χ1v) is 12.5. The van der Waals surface area contributed by atoms with E-state index in [0.29, 0.717) is 30.6 Å². The van der Waals surface area contributed by atoms with Crippen molar-refractivity contribution in [1.82, 2.24) is 0 Å². The largest absolute Gasteiger partial charge is 0.479 e. The molecule has 3 N–H and O–H groups in total. The molecule has 2 aromatic carbocycles. The number of anilines is 3. The van der Waals surface area contributed by atoms with E-state index in [1.165, 1.54) is 12.1 Å². The Morgan fingerprint density at radius 3 is 2.47 bits per heavy atom. The summed E-state index contributed by atoms with van der Waals surface area (Å²) in [7, 11) is 0. The summed E-state index contributed by atoms with van der Waals surface area (Å²) < 4.78 is 25.5. The Morgan fingerprint density at radius 1 is 1.17 bits per heavy atom. The summed E-state index contributed by atoms with van der Waals surface area (Å²) >= 11 is 5.81. The Hall–Kier alpha value is -3.04. The van der Waals surface area contributed by atoms with Crippen LogP contribution in [0, 0.1) is 11.7 Å². The van der Waals surface area contributed by atoms with Crippen molar-refractivity contribution in [1.29, 1.82) is 0 Å². The predicted molar refractivity (Wildman–Crippen MR) is 139 cm³/mol. The van der Waals surface area contributed by atoms with Gasteiger partial charge in [-0.25, -0.2) is 14.0 Å². The molecule has 0 bridgehead atoms. The molecular formula is C26H33ClFN3O5. The monoisotopic (exact) mass is 521 g/mol. The number of benzene rings is 2. The van der Waals surface area contributed by atoms with Crippen molar-refractivity contribution in [3.8, 4) is 5.75 Å². The number of hydrogen-bond acceptors (Lipinski definition) is 5. The Labute approximate surface area is 215 Å². The van der Waals surface area contributed by atoms with Gasteiger partial charge in [0.05, 0.1) is 17.1 Å². The van der Waals surface area contributed by atoms with Gasteiger partial charge in [-0.15, -0.1) is 0 Å². The lowest BCUT2D eigenvalue weighted by Crippen LogP contribution is -2.42. The molecule has 0 aromatic heterocycles. The number of nitrogens with zero attached hydrogens (tertiary/aromatic N) is 1. The number of carbonyl (C=O) groups is 2. The number of carboxylic acid groups (broad SMARTS) is 1. The lowest BCUT2D eigenvalue weighted by Gasteiger charge is -2.38. The van der Waals surface area contributed by atoms with E-state index in [1.807, 2.05) is 6.07 Å². The van der Waals surface area contributed by atoms with Crippen molar-refractivity contribution in [3.05, 3.63) is 47.2 Å². The lowest BCUT2D eigenvalue weighted by molar-refractivity contribution is -0.145. The highest BCUT2D eigenvalue weighted by Gasteiger charge is 2.26. The second-order valence-corrected chi connectivity index (χ2v) is 9.56. The molecule has 1 atom stereocenters. The fourth-order valence-corrected chi connectivity index (χ4v) is 4.27. The van der Waals surface area contributed by atoms with E-state index in [9.17, 15) is 19.1 Å². The van der Waals surface area contributed by atoms with Crippen molar-refractivity contribution in [2.45, 2.75) is 52.2 Å². The van der Waals surface area contributed by atoms with Gasteiger partial charge in [0.2, 0.25) is 0 Å². The van der Waals surface area contributed by atoms with E-state index < -0.39 is 23.9 Å². The van der Waals surface area contributed by atoms with Crippen LogP contribution in [0.15, 0.2) is 36.4 Å². The molecular weight excluding hydrogens is 489 g/mol. The van der Waals surface area contributed by atoms with Gasteiger partial charge in [-0.1, -0.05) is 32.4 Å². The van der Waals surface area contributed by atoms with Crippen LogP contribution in [0.3, 0.4) is 0 Å². The highest BCUT2D eigenvalue weighted by molar-refractivity contribution is 6.30. The van der Waals surface area contributed by atoms with Gasteiger partial charge in [0.15, 0.2) is 6.10 Å². The predicted octanol–water partition coefficient (Wildman–Crippen LogP) is 6.01. The molecule has 1 aliphatic rings. The summed E-state index contributed by atoms with van der Waals surface area (Å²) in [5, 5.41) is 14.9. The van der Waals surface area contributed by atoms with Gasteiger partial charge in [-0.2, -0.15) is 0 Å². The van der Waals surface area contributed by atoms with Crippen molar-refractivity contribution < 1.29 is 28.6 Å². The minimum atomic E-state index is -1.07. The van der Waals surface area contributed by atoms with Crippen LogP contribution in [-0.2, 0) is 9.53 Å². The van der Waals surface area contributed by atoms with E-state index >= 15 is 0 Å². The summed E-state index contributed by atoms with van der Waals surface area (Å²) in [6.07, 6.45) is 0.924. The standard InChI is InChI=1S/C26H33ClFN3O5/c1-4-24(25(32)33)36-19-6-8-23(31(15-16(2)3)18-9-11-35-12-10-18)22(14-19)30-26(34)29-21-7-5-17(27)13-20(21)28/h5-8,13-14,16,18,24H,4,9-12,15H2,1-3H3,(H,32,33)(H2,29,30,34). The SMILES string of the molecule is CCC(Oc1ccc(N(CC(C)C)C2CCOCC2)c(NC(=O)Nc2ccc(Cl)cc2F)c1)C(=O)O. The lowest BCUT2D eigenvalue weighted by atomic mass is 10.0. The minimum absolute atomic E-state index is 0.0220. The second-order valence-electron chi connectivity index (χ2n) is 9.12. The third-order valence-electron chi connectivity index (χ3n) is 5.82. The summed E-state index contributed by atoms with van der Waals surface area (Å²) in [5.41, 5.74) is 1.16. The van der Waals surface area contributed by atoms with Gasteiger partial charge in [0.1, 0.15) is 11.6 Å². The van der Waals surface area contributed by atoms with Crippen LogP contribution in [0.2, 0.25) is 5.02 Å². The number of hydrogen-bond donors (Lipinski definition) is 3. The first-order chi connectivity index (χ1) is 17.2. The van der Waals surface area contributed by atoms with Crippen LogP contribution in [0.5, 0.6) is 5.75 Å². The van der Waals surface area contributed by atoms with E-state index in [4.69, 9.17) is 21.1 Å². The molecule has 1 saturated heterocycles. The number of amides is 2. The molecule has 0 spiro atoms. The fourth-order valence-electron chi connectivity index (χ4n) is 4.11. The highest BCUT2D eigenvalue weighted by Crippen LogP contribution is 2.35. The van der Waals surface area contributed by atoms with E-state index in [0.717, 1.165) is 31.1 Å². The number of urea groups is 1. The maximum absolute atomic E-state index is 14.2. The van der Waals surface area contributed by atoms with E-state index in [1.54, 1.807) is 19.1 Å². The first-order valence-electron chi connectivity index (χ1n) is 12.1. The molecule has 196 valence electrons. The number of rotatable bonds is 10. The zero-order chi connectivity index (χ0) is 26.2. The first kappa shape index (κ1) is 27.5. The number of carbonyl (C=O) groups excluding carboxylic acids is 1. The number of ether oxygens (including phenoxy) is 2. The Kier molecular flexibility index (Phi) is 9.78. The zero-order valence-corrected chi connectivity index (χ0v) is 21.5. The highest BCUT2D eigenvalue weighted by atomic mass is 35.5. The molecule has 0 saturated carbocycles. The molecule has 0 radical (unpaired) electrons. The van der Waals surface area contributed by atoms with Crippen LogP contribution in [0.25, 0.3) is 0 Å². The molecule has 2 amide bonds. The number of nitrogens with one attached hydrogen (secondary N) is 2. The van der Waals surface area contributed by atoms with Crippen LogP contribution < -0.4 is 20.3 Å². The maximum atomic E-state index is 14.2. The summed E-state index contributed by atoms with van der Waals surface area (Å²) in [4.78, 5) is 26.6. The van der Waals surface area contributed by atoms with Crippen LogP contribution in [0.1, 0.15) is 40.0 Å². The molecule has 0 aliphatic carbocycles. The molecule has 36 heavy (non-hydrogen) atoms. The molecule has 1 heterocycles. The third-order valence-corrected chi connectivity index (χ3v) is 6.06. The smallest absolute Gasteiger partial charge is 0.344 e. The van der Waals surface area contributed by atoms with Crippen molar-refractivity contribution in [2.75, 3.05) is 35.3 Å². The van der Waals surface area contributed by atoms with Crippen LogP contribution >= 0.6 is 11.6 Å². The molecule has 8 nitrogen and oxygen atoms in total. The number of carboxylic acids is 1. The van der Waals surface area contributed by atoms with E-state index in [-0.39, 0.29) is 23.2 Å². The Bertz CT molecular complexity index is 1060. The summed E-state index contributed by atoms with van der Waals surface area (Å²) in [5.74, 6) is -1.09. The zero-order valence-electron chi connectivity index (χ0n) is 20.7. The topological polar surface area (TPSA) is 100 Å². The quantitative estimate of drug-likeness (QED) is 0.354. The second kappa shape index (κ2) is 12.8. The average Bonchev–Trinajstić information content (AvgIpc) is 2.83. The molecule has 1 unspecified atom stereocenters. The third kappa shape index (κ3) is 7.48. The maximum Gasteiger partial charge on any atom is 0.344 e. The van der Waals surface area contributed by atoms with Crippen molar-refractivity contribution >= 4 is 40.7 Å². The van der Waals surface area contributed by atoms with Crippen molar-refractivity contribution in [3.63, 3.8) is 0 Å². The molecule has 1 fully saturated rings. The van der Waals surface area contributed by atoms with Gasteiger partial charge < -0.3 is 30.1 Å². The molecule has 1 aliphatic heterocycles. The van der Waals surface area contributed by atoms with Gasteiger partial charge in [-0.3, -0.25) is 0 Å². The summed E-state index contributed by atoms with van der Waals surface area (Å²) in [6, 6.07) is 8.64. The number of aliphatic carboxylic acids is 1. The van der Waals surface area contributed by atoms with Crippen LogP contribution in [-0.4, -0.2) is 49.0 Å². The molecule has 2 aromatic rings. The molecule has 3 rings (SSSR count). The normalized spacial score (nSPS) is 14.8. The summed E-state index contributed by atoms with van der Waals surface area (Å²) in [6.45, 7) is 7.99. The van der Waals surface area contributed by atoms with Gasteiger partial charge in [0.25, 0.3) is 0 Å². The van der Waals surface area contributed by atoms with Gasteiger partial charge in [0, 0.05) is 36.9 Å². The molecule has 10 heteroatoms. The van der Waals surface area contributed by atoms with Crippen molar-refractivity contribution in [2.24, 2.45) is 5.92 Å². The van der Waals surface area contributed by atoms with E-state index in [2.05, 4.69) is 29.4 Å². The van der Waals surface area contributed by atoms with Crippen LogP contribution in [0.4, 0.5) is 26.2 Å². The van der Waals surface area contributed by atoms with Gasteiger partial charge >= 0.3 is 12.0 Å².